The van der Waals surface area contributed by atoms with Crippen LogP contribution in [0.5, 0.6) is 0 Å². The molecule has 3 nitrogen and oxygen atoms in total. The molecule has 1 aromatic heterocycles. The van der Waals surface area contributed by atoms with Crippen molar-refractivity contribution in [3.8, 4) is 0 Å². The Morgan fingerprint density at radius 3 is 1.91 bits per heavy atom. The molecule has 0 spiro atoms. The second-order valence-corrected chi connectivity index (χ2v) is 1.88. The number of furan rings is 1. The zero-order chi connectivity index (χ0) is 8.69. The van der Waals surface area contributed by atoms with Gasteiger partial charge in [0.15, 0.2) is 0 Å². The van der Waals surface area contributed by atoms with E-state index in [1.807, 2.05) is 12.1 Å². The van der Waals surface area contributed by atoms with Gasteiger partial charge in [0.05, 0.1) is 12.5 Å². The number of carboxylic acids is 1. The van der Waals surface area contributed by atoms with Gasteiger partial charge in [-0.15, -0.1) is 0 Å². The molecule has 3 heteroatoms. The summed E-state index contributed by atoms with van der Waals surface area (Å²) in [6.07, 6.45) is 3.25. The normalized spacial score (nSPS) is 7.73. The highest BCUT2D eigenvalue weighted by Crippen LogP contribution is 1.81. The molecular formula is C8H10O3. The van der Waals surface area contributed by atoms with E-state index >= 15 is 0 Å². The van der Waals surface area contributed by atoms with Gasteiger partial charge >= 0.3 is 5.97 Å². The molecule has 0 bridgehead atoms. The molecule has 0 aromatic carbocycles. The first-order valence-electron chi connectivity index (χ1n) is 3.00. The maximum atomic E-state index is 9.60. The van der Waals surface area contributed by atoms with Crippen molar-refractivity contribution >= 4 is 5.97 Å². The van der Waals surface area contributed by atoms with Crippen molar-refractivity contribution in [1.29, 1.82) is 0 Å². The minimum Gasteiger partial charge on any atom is -0.478 e. The molecule has 0 saturated heterocycles. The van der Waals surface area contributed by atoms with E-state index in [2.05, 4.69) is 11.0 Å². The average Bonchev–Trinajstić information content (AvgIpc) is 2.41. The summed E-state index contributed by atoms with van der Waals surface area (Å²) in [7, 11) is 0. The Morgan fingerprint density at radius 1 is 1.45 bits per heavy atom. The molecule has 0 aliphatic heterocycles. The van der Waals surface area contributed by atoms with Gasteiger partial charge in [-0.05, 0) is 19.1 Å². The number of carboxylic acid groups (broad SMARTS) is 1. The zero-order valence-electron chi connectivity index (χ0n) is 6.28. The Balaban J connectivity index is 0.000000183. The van der Waals surface area contributed by atoms with Crippen molar-refractivity contribution in [2.45, 2.75) is 6.92 Å². The first kappa shape index (κ1) is 9.49. The first-order chi connectivity index (χ1) is 5.14. The Hall–Kier alpha value is -1.51. The molecule has 1 rings (SSSR count). The van der Waals surface area contributed by atoms with Crippen molar-refractivity contribution in [1.82, 2.24) is 0 Å². The fourth-order valence-corrected chi connectivity index (χ4v) is 0.227. The van der Waals surface area contributed by atoms with Crippen molar-refractivity contribution in [3.63, 3.8) is 0 Å². The summed E-state index contributed by atoms with van der Waals surface area (Å²) in [6, 6.07) is 3.67. The number of carbonyl (C=O) groups is 1. The van der Waals surface area contributed by atoms with Gasteiger partial charge in [-0.1, -0.05) is 6.58 Å². The summed E-state index contributed by atoms with van der Waals surface area (Å²) >= 11 is 0. The third-order valence-corrected chi connectivity index (χ3v) is 0.790. The Morgan fingerprint density at radius 2 is 1.82 bits per heavy atom. The number of hydrogen-bond acceptors (Lipinski definition) is 2. The maximum absolute atomic E-state index is 9.60. The van der Waals surface area contributed by atoms with Crippen LogP contribution in [0, 0.1) is 0 Å². The lowest BCUT2D eigenvalue weighted by Gasteiger charge is -1.79. The lowest BCUT2D eigenvalue weighted by atomic mass is 10.4. The summed E-state index contributed by atoms with van der Waals surface area (Å²) < 4.78 is 4.58. The van der Waals surface area contributed by atoms with Gasteiger partial charge in [-0.3, -0.25) is 0 Å². The molecule has 1 aromatic rings. The summed E-state index contributed by atoms with van der Waals surface area (Å²) in [5.41, 5.74) is 0.176. The fraction of sp³-hybridized carbons (Fsp3) is 0.125. The Bertz CT molecular complexity index is 182. The van der Waals surface area contributed by atoms with Crippen molar-refractivity contribution in [3.05, 3.63) is 36.8 Å². The topological polar surface area (TPSA) is 50.4 Å². The fourth-order valence-electron chi connectivity index (χ4n) is 0.227. The van der Waals surface area contributed by atoms with Crippen molar-refractivity contribution in [2.75, 3.05) is 0 Å². The van der Waals surface area contributed by atoms with Crippen LogP contribution in [0.1, 0.15) is 6.92 Å². The lowest BCUT2D eigenvalue weighted by molar-refractivity contribution is -0.132. The molecule has 0 aliphatic carbocycles. The average molecular weight is 154 g/mol. The van der Waals surface area contributed by atoms with E-state index in [1.165, 1.54) is 6.92 Å². The molecule has 0 amide bonds. The molecule has 1 heterocycles. The summed E-state index contributed by atoms with van der Waals surface area (Å²) in [5.74, 6) is -0.935. The second kappa shape index (κ2) is 5.29. The number of rotatable bonds is 1. The molecule has 0 unspecified atom stereocenters. The molecule has 0 aliphatic rings. The van der Waals surface area contributed by atoms with Crippen LogP contribution in [0.25, 0.3) is 0 Å². The van der Waals surface area contributed by atoms with E-state index in [4.69, 9.17) is 5.11 Å². The largest absolute Gasteiger partial charge is 0.478 e. The van der Waals surface area contributed by atoms with Crippen molar-refractivity contribution in [2.24, 2.45) is 0 Å². The standard InChI is InChI=1S/C4H6O2.C4H4O/c1-3(2)4(5)6;1-2-4-5-3-1/h1H2,2H3,(H,5,6);1-4H. The van der Waals surface area contributed by atoms with Crippen molar-refractivity contribution < 1.29 is 14.3 Å². The van der Waals surface area contributed by atoms with Crippen LogP contribution in [0.4, 0.5) is 0 Å². The predicted molar refractivity (Wildman–Crippen MR) is 41.2 cm³/mol. The highest BCUT2D eigenvalue weighted by atomic mass is 16.4. The van der Waals surface area contributed by atoms with Crippen LogP contribution in [0.2, 0.25) is 0 Å². The summed E-state index contributed by atoms with van der Waals surface area (Å²) in [4.78, 5) is 9.60. The molecule has 1 N–H and O–H groups in total. The van der Waals surface area contributed by atoms with Gasteiger partial charge in [0.2, 0.25) is 0 Å². The molecule has 0 radical (unpaired) electrons. The van der Waals surface area contributed by atoms with E-state index in [1.54, 1.807) is 12.5 Å². The molecule has 11 heavy (non-hydrogen) atoms. The van der Waals surface area contributed by atoms with E-state index in [0.29, 0.717) is 0 Å². The predicted octanol–water partition coefficient (Wildman–Crippen LogP) is 1.93. The van der Waals surface area contributed by atoms with Gasteiger partial charge in [-0.2, -0.15) is 0 Å². The molecule has 0 saturated carbocycles. The van der Waals surface area contributed by atoms with Gasteiger partial charge in [0.25, 0.3) is 0 Å². The third kappa shape index (κ3) is 6.37. The molecular weight excluding hydrogens is 144 g/mol. The first-order valence-corrected chi connectivity index (χ1v) is 3.00. The Labute approximate surface area is 65.0 Å². The third-order valence-electron chi connectivity index (χ3n) is 0.790. The quantitative estimate of drug-likeness (QED) is 0.629. The number of aliphatic carboxylic acids is 1. The second-order valence-electron chi connectivity index (χ2n) is 1.88. The summed E-state index contributed by atoms with van der Waals surface area (Å²) in [5, 5.41) is 7.89. The van der Waals surface area contributed by atoms with Crippen LogP contribution in [0.3, 0.4) is 0 Å². The van der Waals surface area contributed by atoms with Crippen LogP contribution in [0.15, 0.2) is 41.2 Å². The van der Waals surface area contributed by atoms with Gasteiger partial charge in [-0.25, -0.2) is 4.79 Å². The van der Waals surface area contributed by atoms with Crippen LogP contribution < -0.4 is 0 Å². The van der Waals surface area contributed by atoms with Gasteiger partial charge in [0, 0.05) is 5.57 Å². The molecule has 0 fully saturated rings. The van der Waals surface area contributed by atoms with E-state index in [-0.39, 0.29) is 5.57 Å². The highest BCUT2D eigenvalue weighted by molar-refractivity contribution is 5.84. The SMILES string of the molecule is C=C(C)C(=O)O.c1ccoc1. The minimum absolute atomic E-state index is 0.176. The highest BCUT2D eigenvalue weighted by Gasteiger charge is 1.90. The summed E-state index contributed by atoms with van der Waals surface area (Å²) in [6.45, 7) is 4.60. The van der Waals surface area contributed by atoms with Gasteiger partial charge < -0.3 is 9.52 Å². The van der Waals surface area contributed by atoms with Crippen LogP contribution in [-0.2, 0) is 4.79 Å². The van der Waals surface area contributed by atoms with E-state index in [9.17, 15) is 4.79 Å². The van der Waals surface area contributed by atoms with Crippen LogP contribution >= 0.6 is 0 Å². The lowest BCUT2D eigenvalue weighted by Crippen LogP contribution is -1.92. The zero-order valence-corrected chi connectivity index (χ0v) is 6.28. The van der Waals surface area contributed by atoms with E-state index in [0.717, 1.165) is 0 Å². The van der Waals surface area contributed by atoms with E-state index < -0.39 is 5.97 Å². The monoisotopic (exact) mass is 154 g/mol. The minimum atomic E-state index is -0.935. The van der Waals surface area contributed by atoms with Crippen LogP contribution in [-0.4, -0.2) is 11.1 Å². The maximum Gasteiger partial charge on any atom is 0.330 e. The molecule has 60 valence electrons. The number of hydrogen-bond donors (Lipinski definition) is 1. The smallest absolute Gasteiger partial charge is 0.330 e. The van der Waals surface area contributed by atoms with Gasteiger partial charge in [0.1, 0.15) is 0 Å². The Kier molecular flexibility index (Phi) is 4.56. The molecule has 0 atom stereocenters.